The smallest absolute Gasteiger partial charge is 0.232 e. The summed E-state index contributed by atoms with van der Waals surface area (Å²) in [4.78, 5) is 11.6. The zero-order valence-corrected chi connectivity index (χ0v) is 13.5. The van der Waals surface area contributed by atoms with Crippen molar-refractivity contribution in [3.63, 3.8) is 0 Å². The summed E-state index contributed by atoms with van der Waals surface area (Å²) in [6.45, 7) is 4.45. The highest BCUT2D eigenvalue weighted by molar-refractivity contribution is 7.92. The van der Waals surface area contributed by atoms with Gasteiger partial charge in [-0.3, -0.25) is 9.10 Å². The largest absolute Gasteiger partial charge is 0.354 e. The predicted octanol–water partition coefficient (Wildman–Crippen LogP) is 1.60. The molecule has 1 aromatic rings. The summed E-state index contributed by atoms with van der Waals surface area (Å²) < 4.78 is 25.3. The van der Waals surface area contributed by atoms with E-state index in [2.05, 4.69) is 5.32 Å². The molecule has 0 aliphatic heterocycles. The van der Waals surface area contributed by atoms with Gasteiger partial charge in [-0.05, 0) is 49.9 Å². The first-order chi connectivity index (χ1) is 9.77. The Hall–Kier alpha value is -1.56. The molecule has 1 saturated carbocycles. The standard InChI is InChI=1S/C15H22N2O3S/c1-11-8-12(2)10-14(9-11)17(21(3,19)20)7-6-16-15(18)13-4-5-13/h8-10,13H,4-7H2,1-3H3,(H,16,18). The highest BCUT2D eigenvalue weighted by Crippen LogP contribution is 2.28. The van der Waals surface area contributed by atoms with Crippen LogP contribution in [0.5, 0.6) is 0 Å². The molecule has 0 radical (unpaired) electrons. The van der Waals surface area contributed by atoms with Crippen molar-refractivity contribution in [3.05, 3.63) is 29.3 Å². The molecule has 6 heteroatoms. The first-order valence-corrected chi connectivity index (χ1v) is 8.96. The minimum atomic E-state index is -3.37. The van der Waals surface area contributed by atoms with E-state index in [-0.39, 0.29) is 18.4 Å². The lowest BCUT2D eigenvalue weighted by Crippen LogP contribution is -2.38. The Morgan fingerprint density at radius 2 is 1.81 bits per heavy atom. The summed E-state index contributed by atoms with van der Waals surface area (Å²) in [5.74, 6) is 0.168. The molecule has 0 heterocycles. The molecule has 0 spiro atoms. The number of amides is 1. The van der Waals surface area contributed by atoms with Crippen LogP contribution in [0.4, 0.5) is 5.69 Å². The molecule has 1 fully saturated rings. The fraction of sp³-hybridized carbons (Fsp3) is 0.533. The van der Waals surface area contributed by atoms with Crippen LogP contribution in [0.15, 0.2) is 18.2 Å². The monoisotopic (exact) mass is 310 g/mol. The van der Waals surface area contributed by atoms with Crippen LogP contribution in [-0.2, 0) is 14.8 Å². The van der Waals surface area contributed by atoms with Gasteiger partial charge in [-0.15, -0.1) is 0 Å². The lowest BCUT2D eigenvalue weighted by atomic mass is 10.1. The molecule has 1 aliphatic rings. The van der Waals surface area contributed by atoms with Crippen molar-refractivity contribution < 1.29 is 13.2 Å². The summed E-state index contributed by atoms with van der Waals surface area (Å²) in [5, 5.41) is 2.80. The molecule has 0 bridgehead atoms. The second-order valence-corrected chi connectivity index (χ2v) is 7.65. The van der Waals surface area contributed by atoms with Gasteiger partial charge in [0.05, 0.1) is 18.5 Å². The van der Waals surface area contributed by atoms with E-state index in [1.54, 1.807) is 0 Å². The van der Waals surface area contributed by atoms with E-state index in [0.29, 0.717) is 12.2 Å². The number of sulfonamides is 1. The molecule has 1 N–H and O–H groups in total. The van der Waals surface area contributed by atoms with Crippen LogP contribution in [0.2, 0.25) is 0 Å². The lowest BCUT2D eigenvalue weighted by Gasteiger charge is -2.23. The third kappa shape index (κ3) is 4.46. The number of nitrogens with one attached hydrogen (secondary N) is 1. The average molecular weight is 310 g/mol. The Morgan fingerprint density at radius 3 is 2.29 bits per heavy atom. The van der Waals surface area contributed by atoms with Gasteiger partial charge in [-0.2, -0.15) is 0 Å². The normalized spacial score (nSPS) is 14.8. The summed E-state index contributed by atoms with van der Waals surface area (Å²) in [5.41, 5.74) is 2.68. The van der Waals surface area contributed by atoms with Crippen molar-refractivity contribution in [2.24, 2.45) is 5.92 Å². The van der Waals surface area contributed by atoms with E-state index in [1.165, 1.54) is 10.6 Å². The Morgan fingerprint density at radius 1 is 1.24 bits per heavy atom. The minimum absolute atomic E-state index is 0.0314. The molecule has 0 unspecified atom stereocenters. The van der Waals surface area contributed by atoms with Crippen LogP contribution in [0.3, 0.4) is 0 Å². The van der Waals surface area contributed by atoms with Crippen molar-refractivity contribution in [1.29, 1.82) is 0 Å². The van der Waals surface area contributed by atoms with E-state index in [9.17, 15) is 13.2 Å². The predicted molar refractivity (Wildman–Crippen MR) is 83.8 cm³/mol. The van der Waals surface area contributed by atoms with Gasteiger partial charge >= 0.3 is 0 Å². The molecule has 2 rings (SSSR count). The number of anilines is 1. The molecule has 0 atom stereocenters. The Bertz CT molecular complexity index is 616. The zero-order valence-electron chi connectivity index (χ0n) is 12.7. The summed E-state index contributed by atoms with van der Waals surface area (Å²) in [6, 6.07) is 5.69. The first-order valence-electron chi connectivity index (χ1n) is 7.11. The quantitative estimate of drug-likeness (QED) is 0.868. The maximum atomic E-state index is 12.0. The lowest BCUT2D eigenvalue weighted by molar-refractivity contribution is -0.122. The SMILES string of the molecule is Cc1cc(C)cc(N(CCNC(=O)C2CC2)S(C)(=O)=O)c1. The summed E-state index contributed by atoms with van der Waals surface area (Å²) >= 11 is 0. The van der Waals surface area contributed by atoms with Crippen LogP contribution in [0, 0.1) is 19.8 Å². The number of nitrogens with zero attached hydrogens (tertiary/aromatic N) is 1. The van der Waals surface area contributed by atoms with Gasteiger partial charge in [0, 0.05) is 12.5 Å². The molecule has 21 heavy (non-hydrogen) atoms. The fourth-order valence-corrected chi connectivity index (χ4v) is 3.26. The second kappa shape index (κ2) is 6.05. The van der Waals surface area contributed by atoms with Crippen molar-refractivity contribution >= 4 is 21.6 Å². The van der Waals surface area contributed by atoms with Gasteiger partial charge in [0.25, 0.3) is 0 Å². The van der Waals surface area contributed by atoms with Gasteiger partial charge in [0.15, 0.2) is 0 Å². The number of carbonyl (C=O) groups excluding carboxylic acids is 1. The molecular formula is C15H22N2O3S. The van der Waals surface area contributed by atoms with Gasteiger partial charge in [-0.1, -0.05) is 6.07 Å². The maximum absolute atomic E-state index is 12.0. The molecule has 0 saturated heterocycles. The molecule has 0 aromatic heterocycles. The van der Waals surface area contributed by atoms with Crippen molar-refractivity contribution in [3.8, 4) is 0 Å². The number of rotatable bonds is 6. The van der Waals surface area contributed by atoms with Gasteiger partial charge in [0.1, 0.15) is 0 Å². The van der Waals surface area contributed by atoms with Crippen molar-refractivity contribution in [1.82, 2.24) is 5.32 Å². The molecule has 116 valence electrons. The van der Waals surface area contributed by atoms with Gasteiger partial charge < -0.3 is 5.32 Å². The molecule has 1 amide bonds. The number of hydrogen-bond donors (Lipinski definition) is 1. The van der Waals surface area contributed by atoms with Gasteiger partial charge in [-0.25, -0.2) is 8.42 Å². The van der Waals surface area contributed by atoms with Crippen LogP contribution in [-0.4, -0.2) is 33.7 Å². The van der Waals surface area contributed by atoms with E-state index in [1.807, 2.05) is 32.0 Å². The number of benzene rings is 1. The summed E-state index contributed by atoms with van der Waals surface area (Å²) in [7, 11) is -3.37. The average Bonchev–Trinajstić information content (AvgIpc) is 3.15. The zero-order chi connectivity index (χ0) is 15.6. The van der Waals surface area contributed by atoms with Crippen molar-refractivity contribution in [2.75, 3.05) is 23.7 Å². The first kappa shape index (κ1) is 15.8. The molecule has 1 aromatic carbocycles. The highest BCUT2D eigenvalue weighted by atomic mass is 32.2. The number of hydrogen-bond acceptors (Lipinski definition) is 3. The van der Waals surface area contributed by atoms with Crippen molar-refractivity contribution in [2.45, 2.75) is 26.7 Å². The molecular weight excluding hydrogens is 288 g/mol. The minimum Gasteiger partial charge on any atom is -0.354 e. The number of carbonyl (C=O) groups is 1. The number of aryl methyl sites for hydroxylation is 2. The van der Waals surface area contributed by atoms with Crippen LogP contribution >= 0.6 is 0 Å². The molecule has 1 aliphatic carbocycles. The van der Waals surface area contributed by atoms with Crippen LogP contribution in [0.1, 0.15) is 24.0 Å². The molecule has 5 nitrogen and oxygen atoms in total. The summed E-state index contributed by atoms with van der Waals surface area (Å²) in [6.07, 6.45) is 3.07. The van der Waals surface area contributed by atoms with Crippen LogP contribution in [0.25, 0.3) is 0 Å². The Kier molecular flexibility index (Phi) is 4.56. The Balaban J connectivity index is 2.09. The second-order valence-electron chi connectivity index (χ2n) is 5.75. The van der Waals surface area contributed by atoms with E-state index in [4.69, 9.17) is 0 Å². The fourth-order valence-electron chi connectivity index (χ4n) is 2.35. The topological polar surface area (TPSA) is 66.5 Å². The van der Waals surface area contributed by atoms with Gasteiger partial charge in [0.2, 0.25) is 15.9 Å². The highest BCUT2D eigenvalue weighted by Gasteiger charge is 2.29. The van der Waals surface area contributed by atoms with E-state index < -0.39 is 10.0 Å². The maximum Gasteiger partial charge on any atom is 0.232 e. The third-order valence-electron chi connectivity index (χ3n) is 3.46. The van der Waals surface area contributed by atoms with E-state index in [0.717, 1.165) is 24.0 Å². The third-order valence-corrected chi connectivity index (χ3v) is 4.65. The van der Waals surface area contributed by atoms with E-state index >= 15 is 0 Å². The Labute approximate surface area is 126 Å². The van der Waals surface area contributed by atoms with Crippen LogP contribution < -0.4 is 9.62 Å².